The Morgan fingerprint density at radius 1 is 1.16 bits per heavy atom. The van der Waals surface area contributed by atoms with Crippen molar-refractivity contribution < 1.29 is 4.79 Å². The largest absolute Gasteiger partial charge is 0.350 e. The molecule has 1 saturated carbocycles. The summed E-state index contributed by atoms with van der Waals surface area (Å²) in [5.74, 6) is 0. The van der Waals surface area contributed by atoms with Crippen molar-refractivity contribution in [2.24, 2.45) is 10.8 Å². The summed E-state index contributed by atoms with van der Waals surface area (Å²) in [5.41, 5.74) is 10.7. The summed E-state index contributed by atoms with van der Waals surface area (Å²) in [7, 11) is 0. The number of carbonyl (C=O) groups is 1. The molecule has 1 aromatic rings. The van der Waals surface area contributed by atoms with Crippen LogP contribution < -0.4 is 11.2 Å². The normalized spacial score (nSPS) is 20.2. The number of hydrogen-bond donors (Lipinski definition) is 2. The molecule has 19 heavy (non-hydrogen) atoms. The smallest absolute Gasteiger partial charge is 0.332 e. The molecule has 3 N–H and O–H groups in total. The zero-order chi connectivity index (χ0) is 13.5. The second kappa shape index (κ2) is 6.73. The Balaban J connectivity index is 2.24. The maximum absolute atomic E-state index is 10.8. The number of carbonyl (C=O) groups excluding carboxylic acids is 1. The molecule has 0 aromatic heterocycles. The van der Waals surface area contributed by atoms with Crippen molar-refractivity contribution in [1.29, 1.82) is 0 Å². The van der Waals surface area contributed by atoms with E-state index in [4.69, 9.17) is 5.73 Å². The van der Waals surface area contributed by atoms with Gasteiger partial charge in [0.2, 0.25) is 0 Å². The van der Waals surface area contributed by atoms with Gasteiger partial charge in [0.05, 0.1) is 5.71 Å². The van der Waals surface area contributed by atoms with Crippen molar-refractivity contribution in [1.82, 2.24) is 5.43 Å². The molecule has 4 nitrogen and oxygen atoms in total. The van der Waals surface area contributed by atoms with Gasteiger partial charge in [0.15, 0.2) is 0 Å². The molecule has 0 saturated heterocycles. The molecule has 1 aliphatic rings. The number of nitrogens with zero attached hydrogens (tertiary/aromatic N) is 1. The molecule has 0 atom stereocenters. The first-order valence-corrected chi connectivity index (χ1v) is 6.64. The predicted molar refractivity (Wildman–Crippen MR) is 77.7 cm³/mol. The van der Waals surface area contributed by atoms with Crippen molar-refractivity contribution >= 4 is 17.8 Å². The predicted octanol–water partition coefficient (Wildman–Crippen LogP) is 3.06. The van der Waals surface area contributed by atoms with Crippen LogP contribution in [0.1, 0.15) is 37.7 Å². The lowest BCUT2D eigenvalue weighted by atomic mass is 10.0. The van der Waals surface area contributed by atoms with Gasteiger partial charge in [-0.2, -0.15) is 5.10 Å². The summed E-state index contributed by atoms with van der Waals surface area (Å²) < 4.78 is 0. The lowest BCUT2D eigenvalue weighted by molar-refractivity contribution is 0.249. The van der Waals surface area contributed by atoms with Gasteiger partial charge >= 0.3 is 6.03 Å². The van der Waals surface area contributed by atoms with E-state index in [1.807, 2.05) is 18.2 Å². The summed E-state index contributed by atoms with van der Waals surface area (Å²) in [6, 6.07) is 9.55. The second-order valence-electron chi connectivity index (χ2n) is 4.68. The fourth-order valence-electron chi connectivity index (χ4n) is 2.25. The van der Waals surface area contributed by atoms with Crippen LogP contribution in [0, 0.1) is 0 Å². The van der Waals surface area contributed by atoms with Gasteiger partial charge in [-0.25, -0.2) is 10.2 Å². The number of nitrogens with one attached hydrogen (secondary N) is 1. The molecular formula is C15H19N3O. The van der Waals surface area contributed by atoms with Crippen LogP contribution >= 0.6 is 0 Å². The first kappa shape index (κ1) is 13.3. The number of rotatable bonds is 2. The number of urea groups is 1. The second-order valence-corrected chi connectivity index (χ2v) is 4.68. The summed E-state index contributed by atoms with van der Waals surface area (Å²) in [5, 5.41) is 4.14. The van der Waals surface area contributed by atoms with Gasteiger partial charge in [-0.15, -0.1) is 0 Å². The molecule has 0 bridgehead atoms. The van der Waals surface area contributed by atoms with E-state index in [1.54, 1.807) is 0 Å². The van der Waals surface area contributed by atoms with E-state index in [9.17, 15) is 4.79 Å². The zero-order valence-electron chi connectivity index (χ0n) is 10.9. The highest BCUT2D eigenvalue weighted by molar-refractivity contribution is 6.04. The highest BCUT2D eigenvalue weighted by atomic mass is 16.2. The van der Waals surface area contributed by atoms with Crippen LogP contribution in [0.3, 0.4) is 0 Å². The Kier molecular flexibility index (Phi) is 4.72. The molecule has 1 aliphatic carbocycles. The fourth-order valence-corrected chi connectivity index (χ4v) is 2.25. The van der Waals surface area contributed by atoms with Gasteiger partial charge in [0.1, 0.15) is 0 Å². The lowest BCUT2D eigenvalue weighted by Crippen LogP contribution is -2.26. The van der Waals surface area contributed by atoms with E-state index in [0.29, 0.717) is 0 Å². The quantitative estimate of drug-likeness (QED) is 0.620. The van der Waals surface area contributed by atoms with Crippen LogP contribution in [0.25, 0.3) is 6.08 Å². The maximum atomic E-state index is 10.8. The number of hydrazone groups is 1. The molecule has 4 heteroatoms. The number of primary amides is 1. The zero-order valence-corrected chi connectivity index (χ0v) is 10.9. The Labute approximate surface area is 113 Å². The van der Waals surface area contributed by atoms with Crippen molar-refractivity contribution in [2.75, 3.05) is 0 Å². The minimum atomic E-state index is -0.615. The molecular weight excluding hydrogens is 238 g/mol. The number of benzene rings is 1. The van der Waals surface area contributed by atoms with E-state index in [0.717, 1.165) is 37.0 Å². The monoisotopic (exact) mass is 257 g/mol. The summed E-state index contributed by atoms with van der Waals surface area (Å²) in [6.45, 7) is 0. The first-order chi connectivity index (χ1) is 9.25. The fraction of sp³-hybridized carbons (Fsp3) is 0.333. The minimum Gasteiger partial charge on any atom is -0.350 e. The molecule has 100 valence electrons. The molecule has 1 fully saturated rings. The average molecular weight is 257 g/mol. The molecule has 1 aromatic carbocycles. The molecule has 0 spiro atoms. The van der Waals surface area contributed by atoms with Crippen molar-refractivity contribution in [3.05, 3.63) is 41.5 Å². The van der Waals surface area contributed by atoms with Crippen LogP contribution in [0.4, 0.5) is 4.79 Å². The van der Waals surface area contributed by atoms with Gasteiger partial charge in [0.25, 0.3) is 0 Å². The number of hydrogen-bond acceptors (Lipinski definition) is 2. The highest BCUT2D eigenvalue weighted by Crippen LogP contribution is 2.22. The molecule has 0 heterocycles. The third kappa shape index (κ3) is 4.25. The summed E-state index contributed by atoms with van der Waals surface area (Å²) in [6.07, 6.45) is 7.49. The van der Waals surface area contributed by atoms with Crippen LogP contribution in [0.5, 0.6) is 0 Å². The molecule has 0 radical (unpaired) electrons. The molecule has 2 amide bonds. The van der Waals surface area contributed by atoms with Crippen molar-refractivity contribution in [3.8, 4) is 0 Å². The number of allylic oxidation sites excluding steroid dienone is 1. The molecule has 2 rings (SSSR count). The van der Waals surface area contributed by atoms with Gasteiger partial charge in [-0.3, -0.25) is 0 Å². The highest BCUT2D eigenvalue weighted by Gasteiger charge is 2.12. The van der Waals surface area contributed by atoms with Crippen LogP contribution in [0.15, 0.2) is 41.0 Å². The Morgan fingerprint density at radius 3 is 2.63 bits per heavy atom. The van der Waals surface area contributed by atoms with Crippen LogP contribution in [-0.4, -0.2) is 11.7 Å². The number of amides is 2. The van der Waals surface area contributed by atoms with E-state index in [2.05, 4.69) is 28.7 Å². The standard InChI is InChI=1S/C15H19N3O/c16-15(19)18-17-14-10-6-2-5-9-13(14)11-12-7-3-1-4-8-12/h1,3-4,7-8,11H,2,5-6,9-10H2,(H3,16,18,19)/b13-11+,17-14+. The Hall–Kier alpha value is -2.10. The van der Waals surface area contributed by atoms with Crippen molar-refractivity contribution in [2.45, 2.75) is 32.1 Å². The lowest BCUT2D eigenvalue weighted by Gasteiger charge is -2.07. The summed E-state index contributed by atoms with van der Waals surface area (Å²) in [4.78, 5) is 10.8. The van der Waals surface area contributed by atoms with E-state index < -0.39 is 6.03 Å². The maximum Gasteiger partial charge on any atom is 0.332 e. The Morgan fingerprint density at radius 2 is 1.89 bits per heavy atom. The minimum absolute atomic E-state index is 0.615. The topological polar surface area (TPSA) is 67.5 Å². The van der Waals surface area contributed by atoms with Gasteiger partial charge in [0, 0.05) is 0 Å². The van der Waals surface area contributed by atoms with E-state index >= 15 is 0 Å². The number of nitrogens with two attached hydrogens (primary N) is 1. The SMILES string of the molecule is NC(=O)N/N=C1\CCCCC\C1=C/c1ccccc1. The molecule has 0 unspecified atom stereocenters. The first-order valence-electron chi connectivity index (χ1n) is 6.64. The van der Waals surface area contributed by atoms with E-state index in [1.165, 1.54) is 12.0 Å². The average Bonchev–Trinajstić information content (AvgIpc) is 2.63. The van der Waals surface area contributed by atoms with Gasteiger partial charge < -0.3 is 5.73 Å². The van der Waals surface area contributed by atoms with Gasteiger partial charge in [-0.1, -0.05) is 36.8 Å². The van der Waals surface area contributed by atoms with Crippen LogP contribution in [0.2, 0.25) is 0 Å². The summed E-state index contributed by atoms with van der Waals surface area (Å²) >= 11 is 0. The third-order valence-electron chi connectivity index (χ3n) is 3.17. The van der Waals surface area contributed by atoms with Crippen LogP contribution in [-0.2, 0) is 0 Å². The molecule has 0 aliphatic heterocycles. The van der Waals surface area contributed by atoms with Gasteiger partial charge in [-0.05, 0) is 42.9 Å². The Bertz CT molecular complexity index is 491. The third-order valence-corrected chi connectivity index (χ3v) is 3.17. The van der Waals surface area contributed by atoms with Crippen molar-refractivity contribution in [3.63, 3.8) is 0 Å². The van der Waals surface area contributed by atoms with E-state index in [-0.39, 0.29) is 0 Å².